The Kier molecular flexibility index (Phi) is 4.08. The Morgan fingerprint density at radius 2 is 2.23 bits per heavy atom. The van der Waals surface area contributed by atoms with Gasteiger partial charge in [0.15, 0.2) is 0 Å². The van der Waals surface area contributed by atoms with Gasteiger partial charge in [0.05, 0.1) is 12.6 Å². The molecule has 22 heavy (non-hydrogen) atoms. The maximum atomic E-state index is 12.5. The highest BCUT2D eigenvalue weighted by atomic mass is 32.1. The van der Waals surface area contributed by atoms with E-state index in [1.165, 1.54) is 17.4 Å². The number of urea groups is 1. The normalized spacial score (nSPS) is 24.2. The number of thiophene rings is 1. The van der Waals surface area contributed by atoms with E-state index in [2.05, 4.69) is 5.32 Å². The molecule has 6 nitrogen and oxygen atoms in total. The Morgan fingerprint density at radius 1 is 1.41 bits per heavy atom. The van der Waals surface area contributed by atoms with Gasteiger partial charge in [-0.25, -0.2) is 4.79 Å². The molecule has 0 aromatic carbocycles. The lowest BCUT2D eigenvalue weighted by Crippen LogP contribution is -2.55. The zero-order valence-corrected chi connectivity index (χ0v) is 12.9. The van der Waals surface area contributed by atoms with E-state index >= 15 is 0 Å². The molecule has 3 heterocycles. The van der Waals surface area contributed by atoms with Crippen LogP contribution >= 0.6 is 11.3 Å². The summed E-state index contributed by atoms with van der Waals surface area (Å²) in [6, 6.07) is 3.08. The van der Waals surface area contributed by atoms with Crippen LogP contribution in [-0.2, 0) is 14.3 Å². The predicted octanol–water partition coefficient (Wildman–Crippen LogP) is 1.70. The lowest BCUT2D eigenvalue weighted by atomic mass is 10.1. The van der Waals surface area contributed by atoms with Crippen LogP contribution in [0, 0.1) is 6.92 Å². The van der Waals surface area contributed by atoms with Gasteiger partial charge in [-0.05, 0) is 38.0 Å². The van der Waals surface area contributed by atoms with Crippen LogP contribution in [0.3, 0.4) is 0 Å². The summed E-state index contributed by atoms with van der Waals surface area (Å²) in [6.07, 6.45) is 3.12. The summed E-state index contributed by atoms with van der Waals surface area (Å²) in [6.45, 7) is 2.77. The number of amides is 4. The van der Waals surface area contributed by atoms with Crippen LogP contribution < -0.4 is 5.32 Å². The summed E-state index contributed by atoms with van der Waals surface area (Å²) in [5, 5.41) is 2.22. The van der Waals surface area contributed by atoms with Crippen LogP contribution in [-0.4, -0.2) is 42.0 Å². The molecule has 116 valence electrons. The Labute approximate surface area is 131 Å². The van der Waals surface area contributed by atoms with Gasteiger partial charge in [0.25, 0.3) is 11.8 Å². The van der Waals surface area contributed by atoms with Crippen molar-refractivity contribution in [1.29, 1.82) is 0 Å². The average molecular weight is 320 g/mol. The molecule has 0 bridgehead atoms. The van der Waals surface area contributed by atoms with Crippen molar-refractivity contribution in [3.8, 4) is 0 Å². The van der Waals surface area contributed by atoms with Crippen molar-refractivity contribution >= 4 is 35.3 Å². The van der Waals surface area contributed by atoms with Crippen LogP contribution in [0.5, 0.6) is 0 Å². The second-order valence-electron chi connectivity index (χ2n) is 5.32. The van der Waals surface area contributed by atoms with Gasteiger partial charge in [0.1, 0.15) is 5.57 Å². The van der Waals surface area contributed by atoms with Crippen molar-refractivity contribution in [2.24, 2.45) is 0 Å². The molecule has 2 fully saturated rings. The number of nitrogens with one attached hydrogen (secondary N) is 1. The molecule has 2 aliphatic rings. The lowest BCUT2D eigenvalue weighted by molar-refractivity contribution is -0.131. The number of hydrogen-bond donors (Lipinski definition) is 1. The Hall–Kier alpha value is -1.99. The lowest BCUT2D eigenvalue weighted by Gasteiger charge is -2.28. The monoisotopic (exact) mass is 320 g/mol. The third-order valence-electron chi connectivity index (χ3n) is 3.64. The molecule has 1 N–H and O–H groups in total. The molecule has 7 heteroatoms. The van der Waals surface area contributed by atoms with E-state index in [-0.39, 0.29) is 18.2 Å². The summed E-state index contributed by atoms with van der Waals surface area (Å²) in [5.74, 6) is -1.21. The highest BCUT2D eigenvalue weighted by Gasteiger charge is 2.37. The number of rotatable bonds is 3. The van der Waals surface area contributed by atoms with Crippen LogP contribution in [0.4, 0.5) is 4.79 Å². The van der Waals surface area contributed by atoms with E-state index in [0.717, 1.165) is 27.5 Å². The molecular weight excluding hydrogens is 304 g/mol. The van der Waals surface area contributed by atoms with Gasteiger partial charge in [0, 0.05) is 16.4 Å². The second kappa shape index (κ2) is 6.02. The highest BCUT2D eigenvalue weighted by Crippen LogP contribution is 2.22. The molecule has 0 unspecified atom stereocenters. The van der Waals surface area contributed by atoms with E-state index in [1.54, 1.807) is 0 Å². The first-order chi connectivity index (χ1) is 10.5. The zero-order chi connectivity index (χ0) is 15.7. The molecule has 2 saturated heterocycles. The molecule has 3 rings (SSSR count). The second-order valence-corrected chi connectivity index (χ2v) is 6.64. The maximum Gasteiger partial charge on any atom is 0.331 e. The van der Waals surface area contributed by atoms with E-state index in [9.17, 15) is 14.4 Å². The standard InChI is InChI=1S/C15H16N2O4S/c1-9-4-5-11(22-9)7-12-13(18)16-15(20)17(14(12)19)8-10-3-2-6-21-10/h4-5,7,10H,2-3,6,8H2,1H3,(H,16,18,20)/b12-7+/t10-/m0/s1. The molecule has 1 aromatic heterocycles. The summed E-state index contributed by atoms with van der Waals surface area (Å²) in [7, 11) is 0. The number of nitrogens with zero attached hydrogens (tertiary/aromatic N) is 1. The molecule has 0 radical (unpaired) electrons. The van der Waals surface area contributed by atoms with E-state index in [4.69, 9.17) is 4.74 Å². The first kappa shape index (κ1) is 14.9. The third kappa shape index (κ3) is 2.95. The largest absolute Gasteiger partial charge is 0.376 e. The van der Waals surface area contributed by atoms with Crippen molar-refractivity contribution in [3.63, 3.8) is 0 Å². The number of imide groups is 2. The average Bonchev–Trinajstić information content (AvgIpc) is 3.11. The molecule has 2 aliphatic heterocycles. The third-order valence-corrected chi connectivity index (χ3v) is 4.59. The first-order valence-electron chi connectivity index (χ1n) is 7.11. The number of hydrogen-bond acceptors (Lipinski definition) is 5. The maximum absolute atomic E-state index is 12.5. The fourth-order valence-electron chi connectivity index (χ4n) is 2.53. The predicted molar refractivity (Wildman–Crippen MR) is 81.3 cm³/mol. The van der Waals surface area contributed by atoms with Crippen molar-refractivity contribution < 1.29 is 19.1 Å². The van der Waals surface area contributed by atoms with E-state index < -0.39 is 17.8 Å². The quantitative estimate of drug-likeness (QED) is 0.679. The van der Waals surface area contributed by atoms with E-state index in [1.807, 2.05) is 19.1 Å². The molecule has 1 aromatic rings. The van der Waals surface area contributed by atoms with Crippen LogP contribution in [0.15, 0.2) is 17.7 Å². The minimum atomic E-state index is -0.676. The number of ether oxygens (including phenoxy) is 1. The smallest absolute Gasteiger partial charge is 0.331 e. The van der Waals surface area contributed by atoms with Gasteiger partial charge in [-0.3, -0.25) is 19.8 Å². The highest BCUT2D eigenvalue weighted by molar-refractivity contribution is 7.12. The van der Waals surface area contributed by atoms with Gasteiger partial charge in [-0.15, -0.1) is 11.3 Å². The molecule has 0 saturated carbocycles. The molecule has 0 spiro atoms. The summed E-state index contributed by atoms with van der Waals surface area (Å²) in [4.78, 5) is 39.3. The number of aryl methyl sites for hydroxylation is 1. The number of barbiturate groups is 1. The van der Waals surface area contributed by atoms with Gasteiger partial charge < -0.3 is 4.74 Å². The number of carbonyl (C=O) groups is 3. The first-order valence-corrected chi connectivity index (χ1v) is 7.93. The Bertz CT molecular complexity index is 658. The van der Waals surface area contributed by atoms with Gasteiger partial charge in [-0.1, -0.05) is 0 Å². The topological polar surface area (TPSA) is 75.7 Å². The van der Waals surface area contributed by atoms with E-state index in [0.29, 0.717) is 6.61 Å². The summed E-state index contributed by atoms with van der Waals surface area (Å²) in [5.41, 5.74) is -0.0144. The van der Waals surface area contributed by atoms with Crippen LogP contribution in [0.1, 0.15) is 22.6 Å². The van der Waals surface area contributed by atoms with Crippen molar-refractivity contribution in [2.45, 2.75) is 25.9 Å². The number of carbonyl (C=O) groups excluding carboxylic acids is 3. The molecule has 1 atom stereocenters. The zero-order valence-electron chi connectivity index (χ0n) is 12.1. The fraction of sp³-hybridized carbons (Fsp3) is 0.400. The van der Waals surface area contributed by atoms with Gasteiger partial charge in [0.2, 0.25) is 0 Å². The summed E-state index contributed by atoms with van der Waals surface area (Å²) < 4.78 is 5.46. The van der Waals surface area contributed by atoms with Crippen LogP contribution in [0.2, 0.25) is 0 Å². The van der Waals surface area contributed by atoms with Crippen LogP contribution in [0.25, 0.3) is 6.08 Å². The van der Waals surface area contributed by atoms with Crippen molar-refractivity contribution in [2.75, 3.05) is 13.2 Å². The van der Waals surface area contributed by atoms with Gasteiger partial charge in [-0.2, -0.15) is 0 Å². The molecular formula is C15H16N2O4S. The summed E-state index contributed by atoms with van der Waals surface area (Å²) >= 11 is 1.48. The van der Waals surface area contributed by atoms with Crippen molar-refractivity contribution in [1.82, 2.24) is 10.2 Å². The SMILES string of the molecule is Cc1ccc(/C=C2\C(=O)NC(=O)N(C[C@@H]3CCCO3)C2=O)s1. The minimum absolute atomic E-state index is 0.0144. The Morgan fingerprint density at radius 3 is 2.86 bits per heavy atom. The van der Waals surface area contributed by atoms with Crippen molar-refractivity contribution in [3.05, 3.63) is 27.5 Å². The molecule has 0 aliphatic carbocycles. The Balaban J connectivity index is 1.83. The fourth-order valence-corrected chi connectivity index (χ4v) is 3.35. The minimum Gasteiger partial charge on any atom is -0.376 e. The molecule has 4 amide bonds. The van der Waals surface area contributed by atoms with Gasteiger partial charge >= 0.3 is 6.03 Å².